The molecule has 55 valence electrons. The molecule has 0 saturated heterocycles. The molecule has 0 aromatic carbocycles. The minimum Gasteiger partial charge on any atom is -0.387 e. The first-order chi connectivity index (χ1) is 4.18. The second-order valence-electron chi connectivity index (χ2n) is 2.68. The van der Waals surface area contributed by atoms with Gasteiger partial charge < -0.3 is 5.11 Å². The first-order valence-electron chi connectivity index (χ1n) is 3.70. The van der Waals surface area contributed by atoms with E-state index in [0.717, 1.165) is 6.42 Å². The Morgan fingerprint density at radius 2 is 2.11 bits per heavy atom. The van der Waals surface area contributed by atoms with Crippen molar-refractivity contribution in [3.8, 4) is 0 Å². The van der Waals surface area contributed by atoms with Crippen molar-refractivity contribution >= 4 is 0 Å². The fourth-order valence-electron chi connectivity index (χ4n) is 0.719. The van der Waals surface area contributed by atoms with Crippen molar-refractivity contribution in [1.29, 1.82) is 0 Å². The molecule has 0 aromatic heterocycles. The van der Waals surface area contributed by atoms with Crippen LogP contribution in [0.25, 0.3) is 0 Å². The highest BCUT2D eigenvalue weighted by Crippen LogP contribution is 2.16. The highest BCUT2D eigenvalue weighted by molar-refractivity contribution is 4.75. The molecule has 0 rings (SSSR count). The van der Waals surface area contributed by atoms with Crippen LogP contribution < -0.4 is 0 Å². The highest BCUT2D eigenvalue weighted by Gasteiger charge is 2.07. The number of aliphatic hydroxyl groups excluding tert-OH is 1. The number of unbranched alkanes of at least 4 members (excludes halogenated alkanes) is 1. The van der Waals surface area contributed by atoms with E-state index in [1.165, 1.54) is 12.8 Å². The van der Waals surface area contributed by atoms with Gasteiger partial charge in [0.05, 0.1) is 6.10 Å². The molecule has 1 heteroatoms. The van der Waals surface area contributed by atoms with E-state index in [-0.39, 0.29) is 0 Å². The fourth-order valence-corrected chi connectivity index (χ4v) is 0.719. The average molecular weight is 129 g/mol. The van der Waals surface area contributed by atoms with Gasteiger partial charge in [-0.15, -0.1) is 0 Å². The van der Waals surface area contributed by atoms with Crippen LogP contribution in [0, 0.1) is 12.0 Å². The monoisotopic (exact) mass is 129 g/mol. The summed E-state index contributed by atoms with van der Waals surface area (Å²) in [6.07, 6.45) is 4.14. The van der Waals surface area contributed by atoms with Crippen LogP contribution in [0.2, 0.25) is 0 Å². The minimum atomic E-state index is 0.393. The van der Waals surface area contributed by atoms with Crippen LogP contribution in [0.3, 0.4) is 0 Å². The van der Waals surface area contributed by atoms with Crippen molar-refractivity contribution in [1.82, 2.24) is 0 Å². The van der Waals surface area contributed by atoms with E-state index < -0.39 is 0 Å². The lowest BCUT2D eigenvalue weighted by Crippen LogP contribution is -2.03. The standard InChI is InChI=1S/C8H17O/c1-4-5-6-7(2)8(3)9/h7,9H,4-6H2,1-3H3. The summed E-state index contributed by atoms with van der Waals surface area (Å²) >= 11 is 0. The van der Waals surface area contributed by atoms with Crippen molar-refractivity contribution in [2.75, 3.05) is 0 Å². The average Bonchev–Trinajstić information content (AvgIpc) is 1.82. The van der Waals surface area contributed by atoms with E-state index in [1.807, 2.05) is 0 Å². The second-order valence-corrected chi connectivity index (χ2v) is 2.68. The van der Waals surface area contributed by atoms with Crippen LogP contribution in [0.15, 0.2) is 0 Å². The molecule has 1 unspecified atom stereocenters. The van der Waals surface area contributed by atoms with E-state index in [9.17, 15) is 0 Å². The summed E-state index contributed by atoms with van der Waals surface area (Å²) in [4.78, 5) is 0. The molecule has 1 nitrogen and oxygen atoms in total. The Labute approximate surface area is 58.1 Å². The molecule has 0 aliphatic rings. The third-order valence-electron chi connectivity index (χ3n) is 1.70. The van der Waals surface area contributed by atoms with Gasteiger partial charge in [0, 0.05) is 0 Å². The Bertz CT molecular complexity index is 59.6. The van der Waals surface area contributed by atoms with Crippen molar-refractivity contribution < 1.29 is 5.11 Å². The third kappa shape index (κ3) is 4.46. The summed E-state index contributed by atoms with van der Waals surface area (Å²) in [7, 11) is 0. The summed E-state index contributed by atoms with van der Waals surface area (Å²) in [5, 5.41) is 8.96. The molecule has 0 aliphatic carbocycles. The summed E-state index contributed by atoms with van der Waals surface area (Å²) in [6.45, 7) is 6.00. The molecule has 0 fully saturated rings. The van der Waals surface area contributed by atoms with E-state index in [2.05, 4.69) is 13.8 Å². The molecular weight excluding hydrogens is 112 g/mol. The lowest BCUT2D eigenvalue weighted by molar-refractivity contribution is 0.238. The first kappa shape index (κ1) is 8.96. The van der Waals surface area contributed by atoms with Gasteiger partial charge in [0.15, 0.2) is 0 Å². The van der Waals surface area contributed by atoms with Gasteiger partial charge in [0.25, 0.3) is 0 Å². The second kappa shape index (κ2) is 4.80. The fraction of sp³-hybridized carbons (Fsp3) is 0.875. The number of rotatable bonds is 4. The number of hydrogen-bond acceptors (Lipinski definition) is 1. The lowest BCUT2D eigenvalue weighted by atomic mass is 10.00. The van der Waals surface area contributed by atoms with Crippen LogP contribution in [-0.4, -0.2) is 5.11 Å². The Morgan fingerprint density at radius 1 is 1.56 bits per heavy atom. The zero-order chi connectivity index (χ0) is 7.28. The molecule has 0 saturated carbocycles. The Morgan fingerprint density at radius 3 is 2.44 bits per heavy atom. The van der Waals surface area contributed by atoms with Crippen molar-refractivity contribution in [3.63, 3.8) is 0 Å². The van der Waals surface area contributed by atoms with Gasteiger partial charge in [-0.2, -0.15) is 0 Å². The molecule has 1 radical (unpaired) electrons. The SMILES string of the molecule is CCCCC(C)[C](C)O. The van der Waals surface area contributed by atoms with E-state index >= 15 is 0 Å². The Kier molecular flexibility index (Phi) is 4.78. The van der Waals surface area contributed by atoms with E-state index in [4.69, 9.17) is 5.11 Å². The summed E-state index contributed by atoms with van der Waals surface area (Å²) < 4.78 is 0. The summed E-state index contributed by atoms with van der Waals surface area (Å²) in [5.41, 5.74) is 0. The molecule has 0 amide bonds. The maximum absolute atomic E-state index is 8.96. The molecule has 0 heterocycles. The minimum absolute atomic E-state index is 0.393. The topological polar surface area (TPSA) is 20.2 Å². The molecule has 9 heavy (non-hydrogen) atoms. The maximum Gasteiger partial charge on any atom is 0.0930 e. The quantitative estimate of drug-likeness (QED) is 0.618. The van der Waals surface area contributed by atoms with Crippen LogP contribution in [0.5, 0.6) is 0 Å². The smallest absolute Gasteiger partial charge is 0.0930 e. The van der Waals surface area contributed by atoms with Crippen molar-refractivity contribution in [2.24, 2.45) is 5.92 Å². The van der Waals surface area contributed by atoms with E-state index in [0.29, 0.717) is 12.0 Å². The molecule has 0 bridgehead atoms. The predicted molar refractivity (Wildman–Crippen MR) is 39.5 cm³/mol. The normalized spacial score (nSPS) is 14.3. The molecule has 0 aliphatic heterocycles. The molecule has 1 atom stereocenters. The van der Waals surface area contributed by atoms with Gasteiger partial charge in [-0.3, -0.25) is 0 Å². The zero-order valence-corrected chi connectivity index (χ0v) is 6.65. The zero-order valence-electron chi connectivity index (χ0n) is 6.65. The van der Waals surface area contributed by atoms with Gasteiger partial charge in [0.1, 0.15) is 0 Å². The van der Waals surface area contributed by atoms with Gasteiger partial charge >= 0.3 is 0 Å². The van der Waals surface area contributed by atoms with Crippen LogP contribution >= 0.6 is 0 Å². The van der Waals surface area contributed by atoms with Gasteiger partial charge in [-0.1, -0.05) is 26.7 Å². The maximum atomic E-state index is 8.96. The Hall–Kier alpha value is -0.0400. The highest BCUT2D eigenvalue weighted by atomic mass is 16.3. The lowest BCUT2D eigenvalue weighted by Gasteiger charge is -2.11. The molecular formula is C8H17O. The van der Waals surface area contributed by atoms with Crippen molar-refractivity contribution in [3.05, 3.63) is 6.10 Å². The largest absolute Gasteiger partial charge is 0.387 e. The molecule has 0 aromatic rings. The third-order valence-corrected chi connectivity index (χ3v) is 1.70. The van der Waals surface area contributed by atoms with Gasteiger partial charge in [-0.05, 0) is 19.3 Å². The first-order valence-corrected chi connectivity index (χ1v) is 3.70. The van der Waals surface area contributed by atoms with Crippen LogP contribution in [-0.2, 0) is 0 Å². The van der Waals surface area contributed by atoms with Crippen LogP contribution in [0.4, 0.5) is 0 Å². The predicted octanol–water partition coefficient (Wildman–Crippen LogP) is 2.74. The van der Waals surface area contributed by atoms with E-state index in [1.54, 1.807) is 6.92 Å². The summed E-state index contributed by atoms with van der Waals surface area (Å²) in [5.74, 6) is 0.393. The Balaban J connectivity index is 3.16. The molecule has 0 spiro atoms. The van der Waals surface area contributed by atoms with Crippen LogP contribution in [0.1, 0.15) is 40.0 Å². The number of aliphatic hydroxyl groups is 1. The van der Waals surface area contributed by atoms with Crippen molar-refractivity contribution in [2.45, 2.75) is 40.0 Å². The number of hydrogen-bond donors (Lipinski definition) is 1. The van der Waals surface area contributed by atoms with Gasteiger partial charge in [0.2, 0.25) is 0 Å². The molecule has 1 N–H and O–H groups in total. The van der Waals surface area contributed by atoms with Gasteiger partial charge in [-0.25, -0.2) is 0 Å². The summed E-state index contributed by atoms with van der Waals surface area (Å²) in [6, 6.07) is 0.